The van der Waals surface area contributed by atoms with Crippen LogP contribution in [0.25, 0.3) is 10.8 Å². The Morgan fingerprint density at radius 1 is 1.04 bits per heavy atom. The van der Waals surface area contributed by atoms with Gasteiger partial charge in [-0.05, 0) is 35.8 Å². The predicted octanol–water partition coefficient (Wildman–Crippen LogP) is 4.22. The molecule has 0 amide bonds. The summed E-state index contributed by atoms with van der Waals surface area (Å²) in [5.74, 6) is 0.804. The van der Waals surface area contributed by atoms with Gasteiger partial charge in [-0.15, -0.1) is 0 Å². The fourth-order valence-electron chi connectivity index (χ4n) is 2.41. The van der Waals surface area contributed by atoms with Crippen LogP contribution in [-0.4, -0.2) is 17.4 Å². The van der Waals surface area contributed by atoms with E-state index in [9.17, 15) is 0 Å². The molecule has 126 valence electrons. The third-order valence-electron chi connectivity index (χ3n) is 3.59. The molecule has 3 aromatic carbocycles. The van der Waals surface area contributed by atoms with Crippen molar-refractivity contribution in [2.24, 2.45) is 10.8 Å². The fraction of sp³-hybridized carbons (Fsp3) is 0.0526. The van der Waals surface area contributed by atoms with Crippen LogP contribution in [0.4, 0.5) is 0 Å². The largest absolute Gasteiger partial charge is 0.487 e. The first kappa shape index (κ1) is 17.4. The van der Waals surface area contributed by atoms with Crippen molar-refractivity contribution in [1.82, 2.24) is 5.43 Å². The molecular formula is C19H16BrN3OS. The monoisotopic (exact) mass is 413 g/mol. The molecule has 0 aliphatic carbocycles. The Kier molecular flexibility index (Phi) is 5.63. The quantitative estimate of drug-likeness (QED) is 0.373. The third-order valence-corrected chi connectivity index (χ3v) is 4.21. The molecule has 0 saturated carbocycles. The van der Waals surface area contributed by atoms with Crippen LogP contribution in [0.2, 0.25) is 0 Å². The number of nitrogens with two attached hydrogens (primary N) is 1. The van der Waals surface area contributed by atoms with E-state index in [1.807, 2.05) is 54.6 Å². The maximum absolute atomic E-state index is 6.03. The summed E-state index contributed by atoms with van der Waals surface area (Å²) in [5, 5.41) is 6.58. The lowest BCUT2D eigenvalue weighted by Gasteiger charge is -2.12. The van der Waals surface area contributed by atoms with Gasteiger partial charge in [0, 0.05) is 15.4 Å². The lowest BCUT2D eigenvalue weighted by Crippen LogP contribution is -2.27. The zero-order valence-electron chi connectivity index (χ0n) is 13.3. The highest BCUT2D eigenvalue weighted by Crippen LogP contribution is 2.25. The van der Waals surface area contributed by atoms with Crippen molar-refractivity contribution in [3.63, 3.8) is 0 Å². The number of hydrogen-bond donors (Lipinski definition) is 2. The minimum atomic E-state index is 0.111. The van der Waals surface area contributed by atoms with Crippen molar-refractivity contribution in [2.45, 2.75) is 0 Å². The average molecular weight is 414 g/mol. The van der Waals surface area contributed by atoms with Crippen molar-refractivity contribution in [3.8, 4) is 5.75 Å². The molecule has 0 heterocycles. The van der Waals surface area contributed by atoms with Crippen LogP contribution in [-0.2, 0) is 0 Å². The molecule has 0 aromatic heterocycles. The second kappa shape index (κ2) is 8.09. The van der Waals surface area contributed by atoms with Gasteiger partial charge in [0.2, 0.25) is 0 Å². The van der Waals surface area contributed by atoms with Gasteiger partial charge in [0.1, 0.15) is 18.1 Å². The van der Waals surface area contributed by atoms with Crippen molar-refractivity contribution in [2.75, 3.05) is 6.61 Å². The molecule has 4 nitrogen and oxygen atoms in total. The van der Waals surface area contributed by atoms with Crippen LogP contribution >= 0.6 is 28.1 Å². The maximum atomic E-state index is 6.03. The number of nitrogens with one attached hydrogen (secondary N) is 1. The molecule has 0 aliphatic rings. The van der Waals surface area contributed by atoms with E-state index in [-0.39, 0.29) is 11.7 Å². The molecule has 3 N–H and O–H groups in total. The van der Waals surface area contributed by atoms with Crippen LogP contribution in [0.3, 0.4) is 0 Å². The molecule has 3 rings (SSSR count). The summed E-state index contributed by atoms with van der Waals surface area (Å²) >= 11 is 8.27. The lowest BCUT2D eigenvalue weighted by molar-refractivity contribution is 0.381. The molecule has 0 saturated heterocycles. The predicted molar refractivity (Wildman–Crippen MR) is 110 cm³/mol. The first-order chi connectivity index (χ1) is 12.1. The van der Waals surface area contributed by atoms with Gasteiger partial charge in [-0.2, -0.15) is 5.10 Å². The van der Waals surface area contributed by atoms with Gasteiger partial charge in [0.15, 0.2) is 5.11 Å². The number of nitrogens with zero attached hydrogens (tertiary/aromatic N) is 1. The number of fused-ring (bicyclic) bond motifs is 1. The SMILES string of the molecule is NC(=S)N/N=C(\COc1cccc2ccccc12)c1ccc(Br)cc1. The number of hydrogen-bond acceptors (Lipinski definition) is 3. The lowest BCUT2D eigenvalue weighted by atomic mass is 10.1. The number of hydrazone groups is 1. The van der Waals surface area contributed by atoms with Gasteiger partial charge in [-0.3, -0.25) is 5.43 Å². The number of rotatable bonds is 5. The van der Waals surface area contributed by atoms with Gasteiger partial charge in [0.25, 0.3) is 0 Å². The van der Waals surface area contributed by atoms with Gasteiger partial charge in [0.05, 0.1) is 0 Å². The summed E-state index contributed by atoms with van der Waals surface area (Å²) in [6.07, 6.45) is 0. The molecule has 3 aromatic rings. The van der Waals surface area contributed by atoms with E-state index < -0.39 is 0 Å². The summed E-state index contributed by atoms with van der Waals surface area (Å²) in [6, 6.07) is 21.9. The molecule has 0 atom stereocenters. The molecule has 25 heavy (non-hydrogen) atoms. The van der Waals surface area contributed by atoms with E-state index in [4.69, 9.17) is 22.7 Å². The highest BCUT2D eigenvalue weighted by atomic mass is 79.9. The van der Waals surface area contributed by atoms with E-state index in [0.29, 0.717) is 5.71 Å². The Morgan fingerprint density at radius 2 is 1.76 bits per heavy atom. The number of ether oxygens (including phenoxy) is 1. The van der Waals surface area contributed by atoms with Crippen LogP contribution in [0.5, 0.6) is 5.75 Å². The van der Waals surface area contributed by atoms with Gasteiger partial charge in [-0.1, -0.05) is 64.5 Å². The second-order valence-electron chi connectivity index (χ2n) is 5.31. The van der Waals surface area contributed by atoms with Crippen molar-refractivity contribution in [1.29, 1.82) is 0 Å². The first-order valence-corrected chi connectivity index (χ1v) is 8.82. The fourth-order valence-corrected chi connectivity index (χ4v) is 2.72. The number of thiocarbonyl (C=S) groups is 1. The molecule has 0 radical (unpaired) electrons. The molecule has 0 unspecified atom stereocenters. The van der Waals surface area contributed by atoms with Gasteiger partial charge < -0.3 is 10.5 Å². The van der Waals surface area contributed by atoms with E-state index in [1.165, 1.54) is 0 Å². The number of benzene rings is 3. The van der Waals surface area contributed by atoms with Crippen LogP contribution in [0, 0.1) is 0 Å². The van der Waals surface area contributed by atoms with Crippen molar-refractivity contribution in [3.05, 3.63) is 76.8 Å². The maximum Gasteiger partial charge on any atom is 0.184 e. The first-order valence-electron chi connectivity index (χ1n) is 7.62. The number of halogens is 1. The highest BCUT2D eigenvalue weighted by molar-refractivity contribution is 9.10. The molecule has 6 heteroatoms. The van der Waals surface area contributed by atoms with E-state index >= 15 is 0 Å². The molecular weight excluding hydrogens is 398 g/mol. The summed E-state index contributed by atoms with van der Waals surface area (Å²) in [7, 11) is 0. The summed E-state index contributed by atoms with van der Waals surface area (Å²) in [4.78, 5) is 0. The zero-order valence-corrected chi connectivity index (χ0v) is 15.7. The molecule has 0 spiro atoms. The standard InChI is InChI=1S/C19H16BrN3OS/c20-15-10-8-14(9-11-15)17(22-23-19(21)25)12-24-18-7-3-5-13-4-1-2-6-16(13)18/h1-11H,12H2,(H3,21,23,25)/b22-17+. The van der Waals surface area contributed by atoms with E-state index in [1.54, 1.807) is 0 Å². The Hall–Kier alpha value is -2.44. The van der Waals surface area contributed by atoms with Crippen molar-refractivity contribution < 1.29 is 4.74 Å². The highest BCUT2D eigenvalue weighted by Gasteiger charge is 2.08. The van der Waals surface area contributed by atoms with Crippen LogP contribution in [0.1, 0.15) is 5.56 Å². The van der Waals surface area contributed by atoms with Crippen LogP contribution < -0.4 is 15.9 Å². The minimum absolute atomic E-state index is 0.111. The zero-order chi connectivity index (χ0) is 17.6. The molecule has 0 bridgehead atoms. The normalized spacial score (nSPS) is 11.3. The molecule has 0 fully saturated rings. The van der Waals surface area contributed by atoms with E-state index in [0.717, 1.165) is 26.6 Å². The third kappa shape index (κ3) is 4.55. The van der Waals surface area contributed by atoms with Gasteiger partial charge >= 0.3 is 0 Å². The average Bonchev–Trinajstić information content (AvgIpc) is 2.62. The summed E-state index contributed by atoms with van der Waals surface area (Å²) in [6.45, 7) is 0.283. The van der Waals surface area contributed by atoms with Crippen molar-refractivity contribution >= 4 is 49.7 Å². The van der Waals surface area contributed by atoms with E-state index in [2.05, 4.69) is 38.6 Å². The summed E-state index contributed by atoms with van der Waals surface area (Å²) in [5.41, 5.74) is 9.75. The molecule has 0 aliphatic heterocycles. The Labute approximate surface area is 159 Å². The Bertz CT molecular complexity index is 920. The topological polar surface area (TPSA) is 59.6 Å². The smallest absolute Gasteiger partial charge is 0.184 e. The summed E-state index contributed by atoms with van der Waals surface area (Å²) < 4.78 is 7.03. The van der Waals surface area contributed by atoms with Gasteiger partial charge in [-0.25, -0.2) is 0 Å². The minimum Gasteiger partial charge on any atom is -0.487 e. The Morgan fingerprint density at radius 3 is 2.52 bits per heavy atom. The Balaban J connectivity index is 1.86. The second-order valence-corrected chi connectivity index (χ2v) is 6.66. The van der Waals surface area contributed by atoms with Crippen LogP contribution in [0.15, 0.2) is 76.3 Å².